The number of carbonyl (C=O) groups is 1. The van der Waals surface area contributed by atoms with Crippen LogP contribution < -0.4 is 10.1 Å². The van der Waals surface area contributed by atoms with Crippen molar-refractivity contribution in [3.05, 3.63) is 89.0 Å². The van der Waals surface area contributed by atoms with E-state index in [1.165, 1.54) is 41.7 Å². The number of aromatic amines is 1. The minimum absolute atomic E-state index is 0.0353. The lowest BCUT2D eigenvalue weighted by Crippen LogP contribution is -2.24. The molecule has 11 heteroatoms. The lowest BCUT2D eigenvalue weighted by Gasteiger charge is -2.18. The molecule has 2 aromatic carbocycles. The number of methoxy groups -OCH3 is 1. The number of amides is 1. The van der Waals surface area contributed by atoms with E-state index in [1.54, 1.807) is 6.07 Å². The van der Waals surface area contributed by atoms with Gasteiger partial charge < -0.3 is 14.8 Å². The highest BCUT2D eigenvalue weighted by molar-refractivity contribution is 7.18. The zero-order valence-electron chi connectivity index (χ0n) is 26.7. The average molecular weight is 657 g/mol. The van der Waals surface area contributed by atoms with Crippen LogP contribution in [-0.2, 0) is 16.0 Å². The monoisotopic (exact) mass is 656 g/mol. The highest BCUT2D eigenvalue weighted by Crippen LogP contribution is 2.47. The normalized spacial score (nSPS) is 14.6. The number of fused-ring (bicyclic) bond motifs is 2. The highest BCUT2D eigenvalue weighted by atomic mass is 32.1. The smallest absolute Gasteiger partial charge is 0.243 e. The number of H-pyrrole nitrogens is 1. The van der Waals surface area contributed by atoms with E-state index in [-0.39, 0.29) is 30.4 Å². The van der Waals surface area contributed by atoms with E-state index in [9.17, 15) is 9.18 Å². The standard InChI is InChI=1S/C36H35F2N5O3S/c1-6-31(44)39-20(2)28-18-29(42-41-28)35-33(32-27(38)16-24(37)17-30(32)46-13-12-45-5)36-26(11-14-47-36)34(40-35)22-9-10-25-21(15-22)7-8-23(25)19-43(3)4/h6,9-11,14-20,23H,1,7-8,12-13H2,2-5H3,(H-,39,40,41,42,44)/p+1/t20-,23?/m1/s1. The number of ether oxygens (including phenoxy) is 2. The van der Waals surface area contributed by atoms with Crippen LogP contribution >= 0.6 is 11.3 Å². The Kier molecular flexibility index (Phi) is 9.28. The van der Waals surface area contributed by atoms with Crippen molar-refractivity contribution < 1.29 is 27.6 Å². The molecule has 0 fully saturated rings. The van der Waals surface area contributed by atoms with Crippen molar-refractivity contribution in [3.8, 4) is 39.5 Å². The zero-order valence-corrected chi connectivity index (χ0v) is 27.5. The molecule has 8 nitrogen and oxygen atoms in total. The van der Waals surface area contributed by atoms with E-state index in [0.29, 0.717) is 28.6 Å². The molecule has 1 aliphatic rings. The Morgan fingerprint density at radius 2 is 2.00 bits per heavy atom. The molecular formula is C36H36F2N5O3S+. The van der Waals surface area contributed by atoms with Crippen LogP contribution in [-0.4, -0.2) is 66.3 Å². The summed E-state index contributed by atoms with van der Waals surface area (Å²) >= 11 is 1.44. The van der Waals surface area contributed by atoms with Gasteiger partial charge in [0.25, 0.3) is 0 Å². The molecule has 6 rings (SSSR count). The number of aryl methyl sites for hydroxylation is 1. The minimum Gasteiger partial charge on any atom is -0.490 e. The van der Waals surface area contributed by atoms with Crippen LogP contribution in [0.2, 0.25) is 0 Å². The van der Waals surface area contributed by atoms with E-state index < -0.39 is 17.7 Å². The Morgan fingerprint density at radius 1 is 1.17 bits per heavy atom. The molecule has 242 valence electrons. The van der Waals surface area contributed by atoms with Crippen molar-refractivity contribution in [2.75, 3.05) is 34.4 Å². The van der Waals surface area contributed by atoms with Crippen LogP contribution in [0.1, 0.15) is 42.1 Å². The lowest BCUT2D eigenvalue weighted by molar-refractivity contribution is -0.461. The summed E-state index contributed by atoms with van der Waals surface area (Å²) in [5.74, 6) is -1.49. The van der Waals surface area contributed by atoms with Crippen molar-refractivity contribution in [2.45, 2.75) is 31.7 Å². The molecule has 2 atom stereocenters. The van der Waals surface area contributed by atoms with Gasteiger partial charge in [-0.25, -0.2) is 18.3 Å². The molecule has 1 aliphatic carbocycles. The quantitative estimate of drug-likeness (QED) is 0.0688. The first-order valence-electron chi connectivity index (χ1n) is 15.3. The molecule has 1 amide bonds. The average Bonchev–Trinajstić information content (AvgIpc) is 3.81. The largest absolute Gasteiger partial charge is 0.490 e. The summed E-state index contributed by atoms with van der Waals surface area (Å²) < 4.78 is 44.5. The molecule has 3 heterocycles. The molecule has 3 aromatic heterocycles. The van der Waals surface area contributed by atoms with E-state index >= 15 is 4.39 Å². The van der Waals surface area contributed by atoms with Crippen molar-refractivity contribution in [3.63, 3.8) is 0 Å². The van der Waals surface area contributed by atoms with Gasteiger partial charge in [-0.1, -0.05) is 18.7 Å². The van der Waals surface area contributed by atoms with Crippen LogP contribution in [0.4, 0.5) is 8.78 Å². The first kappa shape index (κ1) is 32.2. The van der Waals surface area contributed by atoms with E-state index in [2.05, 4.69) is 51.1 Å². The first-order chi connectivity index (χ1) is 22.7. The fraction of sp³-hybridized carbons (Fsp3) is 0.278. The van der Waals surface area contributed by atoms with Gasteiger partial charge in [0.1, 0.15) is 55.7 Å². The summed E-state index contributed by atoms with van der Waals surface area (Å²) in [4.78, 5) is 17.2. The van der Waals surface area contributed by atoms with Gasteiger partial charge in [0, 0.05) is 40.5 Å². The summed E-state index contributed by atoms with van der Waals surface area (Å²) in [5.41, 5.74) is 6.19. The Hall–Kier alpha value is -4.74. The number of halogens is 2. The van der Waals surface area contributed by atoms with Crippen LogP contribution in [0.15, 0.2) is 60.5 Å². The molecule has 0 saturated heterocycles. The molecular weight excluding hydrogens is 620 g/mol. The van der Waals surface area contributed by atoms with E-state index in [1.807, 2.05) is 32.5 Å². The van der Waals surface area contributed by atoms with Gasteiger partial charge in [0.05, 0.1) is 35.5 Å². The zero-order chi connectivity index (χ0) is 33.2. The Labute approximate surface area is 275 Å². The maximum atomic E-state index is 16.0. The molecule has 0 spiro atoms. The summed E-state index contributed by atoms with van der Waals surface area (Å²) in [6.07, 6.45) is 5.43. The van der Waals surface area contributed by atoms with Crippen LogP contribution in [0.5, 0.6) is 5.75 Å². The number of nitrogens with one attached hydrogen (secondary N) is 2. The minimum atomic E-state index is -0.786. The summed E-state index contributed by atoms with van der Waals surface area (Å²) in [7, 11) is 5.61. The van der Waals surface area contributed by atoms with Gasteiger partial charge in [-0.2, -0.15) is 5.10 Å². The van der Waals surface area contributed by atoms with E-state index in [0.717, 1.165) is 40.3 Å². The topological polar surface area (TPSA) is 92.1 Å². The molecule has 47 heavy (non-hydrogen) atoms. The third-order valence-electron chi connectivity index (χ3n) is 8.29. The van der Waals surface area contributed by atoms with Crippen LogP contribution in [0.25, 0.3) is 43.9 Å². The molecule has 0 bridgehead atoms. The SMILES string of the molecule is C=CC(=O)N[C@H](C)c1cc(-c2nc(-c3ccc4c(c3)CCC4C=[N+](C)C)c3ccsc3c2-c2c(F)cc(F)cc2OCCOC)n[nH]1. The summed E-state index contributed by atoms with van der Waals surface area (Å²) in [6, 6.07) is 11.8. The number of rotatable bonds is 11. The predicted molar refractivity (Wildman–Crippen MR) is 181 cm³/mol. The van der Waals surface area contributed by atoms with Crippen molar-refractivity contribution in [1.29, 1.82) is 0 Å². The highest BCUT2D eigenvalue weighted by Gasteiger charge is 2.28. The Balaban J connectivity index is 1.57. The second-order valence-corrected chi connectivity index (χ2v) is 12.7. The molecule has 0 aliphatic heterocycles. The number of hydrogen-bond acceptors (Lipinski definition) is 6. The number of nitrogens with zero attached hydrogens (tertiary/aromatic N) is 3. The van der Waals surface area contributed by atoms with Gasteiger partial charge in [0.2, 0.25) is 5.91 Å². The number of thiophene rings is 1. The maximum absolute atomic E-state index is 16.0. The number of aromatic nitrogens is 3. The van der Waals surface area contributed by atoms with Gasteiger partial charge in [-0.3, -0.25) is 9.89 Å². The third-order valence-corrected chi connectivity index (χ3v) is 9.22. The van der Waals surface area contributed by atoms with Crippen molar-refractivity contribution in [1.82, 2.24) is 20.5 Å². The fourth-order valence-corrected chi connectivity index (χ4v) is 7.09. The number of pyridine rings is 1. The van der Waals surface area contributed by atoms with Gasteiger partial charge in [-0.15, -0.1) is 11.3 Å². The van der Waals surface area contributed by atoms with Gasteiger partial charge in [0.15, 0.2) is 0 Å². The predicted octanol–water partition coefficient (Wildman–Crippen LogP) is 7.06. The van der Waals surface area contributed by atoms with Crippen LogP contribution in [0.3, 0.4) is 0 Å². The molecule has 0 saturated carbocycles. The number of benzene rings is 2. The molecule has 0 radical (unpaired) electrons. The Morgan fingerprint density at radius 3 is 2.77 bits per heavy atom. The summed E-state index contributed by atoms with van der Waals surface area (Å²) in [6.45, 7) is 5.66. The number of carbonyl (C=O) groups excluding carboxylic acids is 1. The van der Waals surface area contributed by atoms with E-state index in [4.69, 9.17) is 14.5 Å². The van der Waals surface area contributed by atoms with Crippen LogP contribution in [0, 0.1) is 11.6 Å². The van der Waals surface area contributed by atoms with Crippen molar-refractivity contribution >= 4 is 33.5 Å². The third kappa shape index (κ3) is 6.45. The second kappa shape index (κ2) is 13.5. The first-order valence-corrected chi connectivity index (χ1v) is 16.2. The molecule has 1 unspecified atom stereocenters. The summed E-state index contributed by atoms with van der Waals surface area (Å²) in [5, 5.41) is 13.2. The number of hydrogen-bond donors (Lipinski definition) is 2. The maximum Gasteiger partial charge on any atom is 0.243 e. The second-order valence-electron chi connectivity index (χ2n) is 11.8. The van der Waals surface area contributed by atoms with Crippen molar-refractivity contribution in [2.24, 2.45) is 0 Å². The molecule has 2 N–H and O–H groups in total. The van der Waals surface area contributed by atoms with Gasteiger partial charge in [-0.05, 0) is 60.5 Å². The van der Waals surface area contributed by atoms with Gasteiger partial charge >= 0.3 is 0 Å². The Bertz CT molecular complexity index is 2010. The lowest BCUT2D eigenvalue weighted by atomic mass is 9.95. The molecule has 5 aromatic rings. The fourth-order valence-electron chi connectivity index (χ4n) is 6.15.